The van der Waals surface area contributed by atoms with Crippen molar-refractivity contribution < 1.29 is 51.8 Å². The van der Waals surface area contributed by atoms with Gasteiger partial charge in [-0.2, -0.15) is 6.92 Å². The van der Waals surface area contributed by atoms with Crippen molar-refractivity contribution in [3.63, 3.8) is 0 Å². The smallest absolute Gasteiger partial charge is 0.267 e. The van der Waals surface area contributed by atoms with E-state index in [1.165, 1.54) is 22.7 Å². The summed E-state index contributed by atoms with van der Waals surface area (Å²) in [4.78, 5) is 24.8. The van der Waals surface area contributed by atoms with Crippen LogP contribution in [0.3, 0.4) is 0 Å². The average Bonchev–Trinajstić information content (AvgIpc) is 2.74. The van der Waals surface area contributed by atoms with E-state index in [9.17, 15) is 9.59 Å². The minimum Gasteiger partial charge on any atom is -0.411 e. The third kappa shape index (κ3) is 9.09. The van der Waals surface area contributed by atoms with E-state index < -0.39 is 0 Å². The molecule has 0 aromatic heterocycles. The first-order chi connectivity index (χ1) is 9.70. The second kappa shape index (κ2) is 15.2. The molecule has 0 bridgehead atoms. The van der Waals surface area contributed by atoms with Crippen LogP contribution in [0.2, 0.25) is 0 Å². The third-order valence-electron chi connectivity index (χ3n) is 2.29. The van der Waals surface area contributed by atoms with Crippen molar-refractivity contribution in [1.82, 2.24) is 4.90 Å². The Labute approximate surface area is 157 Å². The molecular formula is C14H23NO4SY-2. The number of carbonyl (C=O) groups excluding carboxylic acids is 2. The number of carbonyl (C=O) groups is 2. The molecule has 1 rings (SSSR count). The molecule has 0 spiro atoms. The van der Waals surface area contributed by atoms with Crippen LogP contribution < -0.4 is 0 Å². The quantitative estimate of drug-likeness (QED) is 0.341. The largest absolute Gasteiger partial charge is 0.411 e. The van der Waals surface area contributed by atoms with E-state index in [1.807, 2.05) is 0 Å². The van der Waals surface area contributed by atoms with Crippen LogP contribution in [0.1, 0.15) is 13.8 Å². The van der Waals surface area contributed by atoms with E-state index in [2.05, 4.69) is 13.8 Å². The fourth-order valence-electron chi connectivity index (χ4n) is 1.42. The second-order valence-electron chi connectivity index (χ2n) is 3.47. The molecule has 21 heavy (non-hydrogen) atoms. The molecule has 0 N–H and O–H groups in total. The maximum Gasteiger partial charge on any atom is 0.267 e. The van der Waals surface area contributed by atoms with Crippen LogP contribution in [-0.4, -0.2) is 55.4 Å². The van der Waals surface area contributed by atoms with Gasteiger partial charge >= 0.3 is 0 Å². The minimum absolute atomic E-state index is 0. The predicted molar refractivity (Wildman–Crippen MR) is 81.0 cm³/mol. The van der Waals surface area contributed by atoms with Gasteiger partial charge in [0.2, 0.25) is 0 Å². The van der Waals surface area contributed by atoms with E-state index in [4.69, 9.17) is 9.47 Å². The van der Waals surface area contributed by atoms with Crippen molar-refractivity contribution in [1.29, 1.82) is 0 Å². The zero-order valence-corrected chi connectivity index (χ0v) is 16.5. The number of imide groups is 1. The molecule has 0 fully saturated rings. The zero-order chi connectivity index (χ0) is 15.4. The molecule has 0 aliphatic carbocycles. The van der Waals surface area contributed by atoms with Crippen LogP contribution in [0, 0.1) is 13.8 Å². The molecule has 0 saturated heterocycles. The van der Waals surface area contributed by atoms with Crippen molar-refractivity contribution in [2.45, 2.75) is 13.8 Å². The van der Waals surface area contributed by atoms with Crippen LogP contribution in [0.15, 0.2) is 11.0 Å². The molecule has 7 heteroatoms. The summed E-state index contributed by atoms with van der Waals surface area (Å²) in [6, 6.07) is 0. The molecule has 1 heterocycles. The van der Waals surface area contributed by atoms with Crippen molar-refractivity contribution >= 4 is 23.6 Å². The number of nitrogens with zero attached hydrogens (tertiary/aromatic N) is 1. The molecule has 5 nitrogen and oxygen atoms in total. The van der Waals surface area contributed by atoms with Gasteiger partial charge in [-0.15, -0.1) is 11.8 Å². The van der Waals surface area contributed by atoms with Gasteiger partial charge < -0.3 is 23.3 Å². The average molecular weight is 390 g/mol. The molecule has 0 atom stereocenters. The molecule has 119 valence electrons. The number of rotatable bonds is 9. The van der Waals surface area contributed by atoms with Crippen LogP contribution in [0.4, 0.5) is 0 Å². The van der Waals surface area contributed by atoms with Crippen LogP contribution in [0.5, 0.6) is 0 Å². The molecule has 1 aliphatic rings. The summed E-state index contributed by atoms with van der Waals surface area (Å²) in [6.07, 6.45) is 1.39. The number of hydrogen-bond acceptors (Lipinski definition) is 5. The third-order valence-corrected chi connectivity index (χ3v) is 3.27. The van der Waals surface area contributed by atoms with Gasteiger partial charge in [-0.25, -0.2) is 0 Å². The molecule has 0 aromatic carbocycles. The normalized spacial score (nSPS) is 13.5. The van der Waals surface area contributed by atoms with Crippen molar-refractivity contribution in [3.05, 3.63) is 24.8 Å². The van der Waals surface area contributed by atoms with Crippen molar-refractivity contribution in [2.75, 3.05) is 38.7 Å². The second-order valence-corrected chi connectivity index (χ2v) is 4.61. The summed E-state index contributed by atoms with van der Waals surface area (Å²) in [5.74, 6) is 0.218. The van der Waals surface area contributed by atoms with E-state index in [-0.39, 0.29) is 44.5 Å². The van der Waals surface area contributed by atoms with E-state index in [0.29, 0.717) is 43.6 Å². The van der Waals surface area contributed by atoms with E-state index in [1.54, 1.807) is 13.8 Å². The topological polar surface area (TPSA) is 55.8 Å². The Morgan fingerprint density at radius 3 is 2.33 bits per heavy atom. The Morgan fingerprint density at radius 1 is 1.19 bits per heavy atom. The fourth-order valence-corrected chi connectivity index (χ4v) is 2.26. The minimum atomic E-state index is -0.227. The maximum absolute atomic E-state index is 11.7. The SMILES string of the molecule is [CH2-]C.[CH2-]COCCOCCSC1=CC(=O)N(CC)C1=O.[Y]. The number of amides is 2. The van der Waals surface area contributed by atoms with Gasteiger partial charge in [0, 0.05) is 51.1 Å². The van der Waals surface area contributed by atoms with E-state index >= 15 is 0 Å². The first-order valence-corrected chi connectivity index (χ1v) is 7.55. The first kappa shape index (κ1) is 23.5. The van der Waals surface area contributed by atoms with Gasteiger partial charge in [-0.1, -0.05) is 6.61 Å². The summed E-state index contributed by atoms with van der Waals surface area (Å²) in [5, 5.41) is 0. The Hall–Kier alpha value is 0.254. The first-order valence-electron chi connectivity index (χ1n) is 6.56. The molecular weight excluding hydrogens is 367 g/mol. The Morgan fingerprint density at radius 2 is 1.81 bits per heavy atom. The Kier molecular flexibility index (Phi) is 17.0. The van der Waals surface area contributed by atoms with Crippen LogP contribution in [-0.2, 0) is 51.8 Å². The Balaban J connectivity index is 0. The number of likely N-dealkylation sites (N-methyl/N-ethyl adjacent to an activating group) is 1. The van der Waals surface area contributed by atoms with Crippen molar-refractivity contribution in [2.24, 2.45) is 0 Å². The van der Waals surface area contributed by atoms with Gasteiger partial charge in [0.15, 0.2) is 0 Å². The monoisotopic (exact) mass is 390 g/mol. The number of thioether (sulfide) groups is 1. The summed E-state index contributed by atoms with van der Waals surface area (Å²) in [5.41, 5.74) is 0. The summed E-state index contributed by atoms with van der Waals surface area (Å²) in [6.45, 7) is 12.7. The molecule has 2 amide bonds. The van der Waals surface area contributed by atoms with Gasteiger partial charge in [0.1, 0.15) is 0 Å². The van der Waals surface area contributed by atoms with E-state index in [0.717, 1.165) is 0 Å². The zero-order valence-electron chi connectivity index (χ0n) is 12.8. The summed E-state index contributed by atoms with van der Waals surface area (Å²) >= 11 is 1.35. The molecule has 0 unspecified atom stereocenters. The molecule has 1 aliphatic heterocycles. The van der Waals surface area contributed by atoms with Gasteiger partial charge in [0.05, 0.1) is 24.7 Å². The van der Waals surface area contributed by atoms with Crippen molar-refractivity contribution in [3.8, 4) is 0 Å². The van der Waals surface area contributed by atoms with Crippen LogP contribution >= 0.6 is 11.8 Å². The van der Waals surface area contributed by atoms with Gasteiger partial charge in [-0.05, 0) is 6.92 Å². The predicted octanol–water partition coefficient (Wildman–Crippen LogP) is 1.70. The number of hydrogen-bond donors (Lipinski definition) is 0. The summed E-state index contributed by atoms with van der Waals surface area (Å²) in [7, 11) is 0. The molecule has 0 aromatic rings. The Bertz CT molecular complexity index is 337. The van der Waals surface area contributed by atoms with Crippen LogP contribution in [0.25, 0.3) is 0 Å². The maximum atomic E-state index is 11.7. The molecule has 1 radical (unpaired) electrons. The number of ether oxygens (including phenoxy) is 2. The standard InChI is InChI=1S/C12H18NO4S.C2H5.Y/c1-3-13-11(14)9-10(12(13)15)18-8-7-17-6-5-16-4-2;1-2;/h9H,2-8H2,1H3;1H2,2H3;/q2*-1;. The fraction of sp³-hybridized carbons (Fsp3) is 0.571. The summed E-state index contributed by atoms with van der Waals surface area (Å²) < 4.78 is 10.3. The van der Waals surface area contributed by atoms with Gasteiger partial charge in [0.25, 0.3) is 11.8 Å². The van der Waals surface area contributed by atoms with Gasteiger partial charge in [-0.3, -0.25) is 14.5 Å². The molecule has 0 saturated carbocycles.